The molecule has 7 N–H and O–H groups in total. The predicted molar refractivity (Wildman–Crippen MR) is 111 cm³/mol. The summed E-state index contributed by atoms with van der Waals surface area (Å²) in [4.78, 5) is 55.1. The van der Waals surface area contributed by atoms with E-state index in [2.05, 4.69) is 25.9 Å². The maximum atomic E-state index is 13.0. The van der Waals surface area contributed by atoms with Gasteiger partial charge in [0.25, 0.3) is 0 Å². The van der Waals surface area contributed by atoms with E-state index in [0.717, 1.165) is 5.56 Å². The molecule has 2 aromatic rings. The van der Waals surface area contributed by atoms with Crippen LogP contribution in [0.2, 0.25) is 0 Å². The van der Waals surface area contributed by atoms with E-state index < -0.39 is 48.4 Å². The van der Waals surface area contributed by atoms with Crippen LogP contribution in [0.5, 0.6) is 0 Å². The second-order valence-electron chi connectivity index (χ2n) is 6.99. The zero-order valence-electron chi connectivity index (χ0n) is 17.0. The number of amides is 3. The number of H-pyrrole nitrogens is 1. The molecule has 3 unspecified atom stereocenters. The number of benzene rings is 1. The average molecular weight is 430 g/mol. The van der Waals surface area contributed by atoms with Gasteiger partial charge in [-0.25, -0.2) is 4.98 Å². The lowest BCUT2D eigenvalue weighted by molar-refractivity contribution is -0.138. The Morgan fingerprint density at radius 2 is 1.68 bits per heavy atom. The number of hydrogen-bond acceptors (Lipinski definition) is 6. The molecule has 0 aliphatic carbocycles. The highest BCUT2D eigenvalue weighted by Crippen LogP contribution is 2.06. The molecule has 11 nitrogen and oxygen atoms in total. The summed E-state index contributed by atoms with van der Waals surface area (Å²) < 4.78 is 0. The maximum Gasteiger partial charge on any atom is 0.322 e. The molecular weight excluding hydrogens is 404 g/mol. The molecule has 31 heavy (non-hydrogen) atoms. The number of nitrogens with one attached hydrogen (secondary N) is 4. The highest BCUT2D eigenvalue weighted by molar-refractivity contribution is 5.93. The molecule has 0 aliphatic heterocycles. The van der Waals surface area contributed by atoms with Crippen molar-refractivity contribution in [2.24, 2.45) is 5.73 Å². The number of nitrogens with two attached hydrogens (primary N) is 1. The number of imidazole rings is 1. The van der Waals surface area contributed by atoms with Crippen molar-refractivity contribution in [3.63, 3.8) is 0 Å². The monoisotopic (exact) mass is 430 g/mol. The fourth-order valence-electron chi connectivity index (χ4n) is 2.75. The second-order valence-corrected chi connectivity index (χ2v) is 6.99. The molecule has 1 heterocycles. The van der Waals surface area contributed by atoms with Crippen LogP contribution in [0.25, 0.3) is 0 Å². The van der Waals surface area contributed by atoms with Gasteiger partial charge in [0, 0.05) is 24.7 Å². The molecule has 3 atom stereocenters. The number of aromatic amines is 1. The number of carboxylic acids is 1. The third-order valence-corrected chi connectivity index (χ3v) is 4.35. The van der Waals surface area contributed by atoms with E-state index in [-0.39, 0.29) is 12.8 Å². The van der Waals surface area contributed by atoms with Gasteiger partial charge in [-0.1, -0.05) is 30.3 Å². The normalized spacial score (nSPS) is 13.5. The number of aliphatic carboxylic acids is 1. The van der Waals surface area contributed by atoms with Gasteiger partial charge in [0.05, 0.1) is 12.4 Å². The lowest BCUT2D eigenvalue weighted by Gasteiger charge is -2.23. The van der Waals surface area contributed by atoms with Gasteiger partial charge in [0.15, 0.2) is 0 Å². The van der Waals surface area contributed by atoms with Gasteiger partial charge < -0.3 is 31.8 Å². The van der Waals surface area contributed by atoms with E-state index in [1.165, 1.54) is 19.4 Å². The second kappa shape index (κ2) is 11.5. The van der Waals surface area contributed by atoms with Crippen molar-refractivity contribution in [1.29, 1.82) is 0 Å². The summed E-state index contributed by atoms with van der Waals surface area (Å²) in [5.74, 6) is -3.02. The van der Waals surface area contributed by atoms with E-state index in [1.807, 2.05) is 6.07 Å². The molecule has 1 aromatic carbocycles. The van der Waals surface area contributed by atoms with Gasteiger partial charge >= 0.3 is 5.97 Å². The quantitative estimate of drug-likeness (QED) is 0.257. The van der Waals surface area contributed by atoms with Crippen molar-refractivity contribution in [2.45, 2.75) is 37.9 Å². The van der Waals surface area contributed by atoms with Crippen molar-refractivity contribution in [2.75, 3.05) is 6.54 Å². The Morgan fingerprint density at radius 1 is 1.03 bits per heavy atom. The number of carboxylic acid groups (broad SMARTS) is 1. The minimum Gasteiger partial charge on any atom is -0.480 e. The minimum atomic E-state index is -1.22. The fraction of sp³-hybridized carbons (Fsp3) is 0.350. The Kier molecular flexibility index (Phi) is 8.70. The van der Waals surface area contributed by atoms with E-state index in [0.29, 0.717) is 5.69 Å². The largest absolute Gasteiger partial charge is 0.480 e. The first-order valence-corrected chi connectivity index (χ1v) is 9.63. The summed E-state index contributed by atoms with van der Waals surface area (Å²) in [6, 6.07) is 6.14. The molecule has 2 rings (SSSR count). The van der Waals surface area contributed by atoms with Crippen LogP contribution < -0.4 is 21.7 Å². The summed E-state index contributed by atoms with van der Waals surface area (Å²) >= 11 is 0. The Hall–Kier alpha value is -3.73. The van der Waals surface area contributed by atoms with Crippen LogP contribution in [0.4, 0.5) is 0 Å². The van der Waals surface area contributed by atoms with Crippen molar-refractivity contribution < 1.29 is 24.3 Å². The topological polar surface area (TPSA) is 179 Å². The van der Waals surface area contributed by atoms with Crippen molar-refractivity contribution >= 4 is 23.7 Å². The third-order valence-electron chi connectivity index (χ3n) is 4.35. The molecule has 0 aliphatic rings. The SMILES string of the molecule is CC(N)C(=O)NC(Cc1ccccc1)C(=O)NC(Cc1cnc[nH]1)C(=O)NCC(=O)O. The molecule has 0 saturated carbocycles. The lowest BCUT2D eigenvalue weighted by Crippen LogP contribution is -2.56. The zero-order chi connectivity index (χ0) is 22.8. The smallest absolute Gasteiger partial charge is 0.322 e. The summed E-state index contributed by atoms with van der Waals surface area (Å²) in [5.41, 5.74) is 6.97. The summed E-state index contributed by atoms with van der Waals surface area (Å²) in [6.45, 7) is 0.899. The van der Waals surface area contributed by atoms with Crippen LogP contribution >= 0.6 is 0 Å². The summed E-state index contributed by atoms with van der Waals surface area (Å²) in [7, 11) is 0. The summed E-state index contributed by atoms with van der Waals surface area (Å²) in [5, 5.41) is 16.3. The van der Waals surface area contributed by atoms with Crippen molar-refractivity contribution in [3.05, 3.63) is 54.1 Å². The maximum absolute atomic E-state index is 13.0. The van der Waals surface area contributed by atoms with Gasteiger partial charge in [-0.2, -0.15) is 0 Å². The molecule has 0 saturated heterocycles. The minimum absolute atomic E-state index is 0.0521. The van der Waals surface area contributed by atoms with Crippen molar-refractivity contribution in [1.82, 2.24) is 25.9 Å². The molecule has 11 heteroatoms. The molecule has 3 amide bonds. The van der Waals surface area contributed by atoms with E-state index in [1.54, 1.807) is 24.3 Å². The molecule has 166 valence electrons. The standard InChI is InChI=1S/C20H26N6O5/c1-12(21)18(29)25-15(7-13-5-3-2-4-6-13)20(31)26-16(8-14-9-22-11-24-14)19(30)23-10-17(27)28/h2-6,9,11-12,15-16H,7-8,10,21H2,1H3,(H,22,24)(H,23,30)(H,25,29)(H,26,31)(H,27,28). The highest BCUT2D eigenvalue weighted by Gasteiger charge is 2.28. The van der Waals surface area contributed by atoms with Gasteiger partial charge in [-0.05, 0) is 12.5 Å². The third kappa shape index (κ3) is 7.90. The molecule has 1 aromatic heterocycles. The Bertz CT molecular complexity index is 885. The number of hydrogen-bond donors (Lipinski definition) is 6. The summed E-state index contributed by atoms with van der Waals surface area (Å²) in [6.07, 6.45) is 3.14. The van der Waals surface area contributed by atoms with Crippen LogP contribution in [0, 0.1) is 0 Å². The number of aromatic nitrogens is 2. The van der Waals surface area contributed by atoms with Gasteiger partial charge in [-0.3, -0.25) is 19.2 Å². The van der Waals surface area contributed by atoms with Crippen molar-refractivity contribution in [3.8, 4) is 0 Å². The Labute approximate surface area is 178 Å². The first-order chi connectivity index (χ1) is 14.8. The zero-order valence-corrected chi connectivity index (χ0v) is 17.0. The number of rotatable bonds is 11. The number of carbonyl (C=O) groups excluding carboxylic acids is 3. The molecule has 0 spiro atoms. The van der Waals surface area contributed by atoms with Gasteiger partial charge in [0.2, 0.25) is 17.7 Å². The van der Waals surface area contributed by atoms with E-state index in [9.17, 15) is 19.2 Å². The van der Waals surface area contributed by atoms with E-state index in [4.69, 9.17) is 10.8 Å². The molecule has 0 radical (unpaired) electrons. The average Bonchev–Trinajstić information content (AvgIpc) is 3.24. The van der Waals surface area contributed by atoms with Crippen LogP contribution in [0.1, 0.15) is 18.2 Å². The first-order valence-electron chi connectivity index (χ1n) is 9.63. The van der Waals surface area contributed by atoms with Crippen LogP contribution in [0.15, 0.2) is 42.9 Å². The molecular formula is C20H26N6O5. The van der Waals surface area contributed by atoms with Crippen LogP contribution in [-0.2, 0) is 32.0 Å². The predicted octanol–water partition coefficient (Wildman–Crippen LogP) is -1.29. The van der Waals surface area contributed by atoms with Gasteiger partial charge in [0.1, 0.15) is 18.6 Å². The highest BCUT2D eigenvalue weighted by atomic mass is 16.4. The van der Waals surface area contributed by atoms with Crippen LogP contribution in [0.3, 0.4) is 0 Å². The Balaban J connectivity index is 2.18. The van der Waals surface area contributed by atoms with E-state index >= 15 is 0 Å². The number of carbonyl (C=O) groups is 4. The molecule has 0 fully saturated rings. The van der Waals surface area contributed by atoms with Crippen LogP contribution in [-0.4, -0.2) is 63.4 Å². The Morgan fingerprint density at radius 3 is 2.26 bits per heavy atom. The fourth-order valence-corrected chi connectivity index (χ4v) is 2.75. The van der Waals surface area contributed by atoms with Gasteiger partial charge in [-0.15, -0.1) is 0 Å². The lowest BCUT2D eigenvalue weighted by atomic mass is 10.0. The first kappa shape index (κ1) is 23.5. The number of nitrogens with zero attached hydrogens (tertiary/aromatic N) is 1. The molecule has 0 bridgehead atoms.